The molecule has 0 aliphatic carbocycles. The van der Waals surface area contributed by atoms with Gasteiger partial charge in [-0.15, -0.1) is 0 Å². The highest BCUT2D eigenvalue weighted by molar-refractivity contribution is 9.10. The van der Waals surface area contributed by atoms with Gasteiger partial charge in [0.1, 0.15) is 11.4 Å². The third-order valence-electron chi connectivity index (χ3n) is 2.76. The summed E-state index contributed by atoms with van der Waals surface area (Å²) in [6.07, 6.45) is 0. The number of carboxylic acids is 1. The largest absolute Gasteiger partial charge is 0.477 e. The lowest BCUT2D eigenvalue weighted by Crippen LogP contribution is -2.20. The Morgan fingerprint density at radius 1 is 1.32 bits per heavy atom. The van der Waals surface area contributed by atoms with Gasteiger partial charge in [0.05, 0.1) is 0 Å². The SMILES string of the molecule is Cc1ccc(Br)cc1-c1cc(N)[nH]c(=O)c1C(=O)O. The molecular weight excluding hydrogens is 312 g/mol. The molecule has 0 saturated carbocycles. The minimum absolute atomic E-state index is 0.129. The minimum Gasteiger partial charge on any atom is -0.477 e. The highest BCUT2D eigenvalue weighted by atomic mass is 79.9. The fourth-order valence-electron chi connectivity index (χ4n) is 1.89. The van der Waals surface area contributed by atoms with Crippen LogP contribution in [0.1, 0.15) is 15.9 Å². The molecule has 0 atom stereocenters. The molecule has 4 N–H and O–H groups in total. The Morgan fingerprint density at radius 2 is 2.00 bits per heavy atom. The lowest BCUT2D eigenvalue weighted by atomic mass is 9.97. The van der Waals surface area contributed by atoms with Crippen molar-refractivity contribution in [3.8, 4) is 11.1 Å². The molecule has 6 heteroatoms. The molecule has 2 rings (SSSR count). The molecular formula is C13H11BrN2O3. The zero-order chi connectivity index (χ0) is 14.2. The summed E-state index contributed by atoms with van der Waals surface area (Å²) in [5, 5.41) is 9.19. The number of rotatable bonds is 2. The van der Waals surface area contributed by atoms with E-state index in [-0.39, 0.29) is 11.4 Å². The second kappa shape index (κ2) is 4.89. The van der Waals surface area contributed by atoms with E-state index in [4.69, 9.17) is 5.73 Å². The molecule has 1 aromatic heterocycles. The van der Waals surface area contributed by atoms with Gasteiger partial charge in [-0.2, -0.15) is 0 Å². The number of hydrogen-bond acceptors (Lipinski definition) is 3. The van der Waals surface area contributed by atoms with E-state index in [2.05, 4.69) is 20.9 Å². The van der Waals surface area contributed by atoms with Crippen molar-refractivity contribution in [3.05, 3.63) is 50.2 Å². The maximum Gasteiger partial charge on any atom is 0.341 e. The van der Waals surface area contributed by atoms with Crippen molar-refractivity contribution in [3.63, 3.8) is 0 Å². The van der Waals surface area contributed by atoms with Crippen LogP contribution in [0.2, 0.25) is 0 Å². The molecule has 0 bridgehead atoms. The molecule has 19 heavy (non-hydrogen) atoms. The van der Waals surface area contributed by atoms with Crippen molar-refractivity contribution in [2.75, 3.05) is 5.73 Å². The van der Waals surface area contributed by atoms with Gasteiger partial charge in [0.15, 0.2) is 0 Å². The number of benzene rings is 1. The number of aromatic amines is 1. The molecule has 1 aromatic carbocycles. The number of nitrogen functional groups attached to an aromatic ring is 1. The average Bonchev–Trinajstić information content (AvgIpc) is 2.30. The molecule has 0 aliphatic rings. The Hall–Kier alpha value is -2.08. The van der Waals surface area contributed by atoms with Gasteiger partial charge < -0.3 is 15.8 Å². The van der Waals surface area contributed by atoms with E-state index in [0.717, 1.165) is 10.0 Å². The van der Waals surface area contributed by atoms with E-state index in [1.54, 1.807) is 6.07 Å². The van der Waals surface area contributed by atoms with Gasteiger partial charge in [-0.25, -0.2) is 4.79 Å². The van der Waals surface area contributed by atoms with Crippen LogP contribution in [0.4, 0.5) is 5.82 Å². The summed E-state index contributed by atoms with van der Waals surface area (Å²) in [6.45, 7) is 1.84. The molecule has 0 radical (unpaired) electrons. The maximum atomic E-state index is 11.7. The highest BCUT2D eigenvalue weighted by Gasteiger charge is 2.18. The van der Waals surface area contributed by atoms with Crippen molar-refractivity contribution in [1.29, 1.82) is 0 Å². The van der Waals surface area contributed by atoms with Crippen LogP contribution < -0.4 is 11.3 Å². The van der Waals surface area contributed by atoms with Crippen LogP contribution in [-0.4, -0.2) is 16.1 Å². The molecule has 0 fully saturated rings. The maximum absolute atomic E-state index is 11.7. The van der Waals surface area contributed by atoms with Crippen LogP contribution in [0.3, 0.4) is 0 Å². The first-order chi connectivity index (χ1) is 8.90. The molecule has 5 nitrogen and oxygen atoms in total. The standard InChI is InChI=1S/C13H11BrN2O3/c1-6-2-3-7(14)4-8(6)9-5-10(15)16-12(17)11(9)13(18)19/h2-5H,1H3,(H,18,19)(H3,15,16,17). The zero-order valence-corrected chi connectivity index (χ0v) is 11.6. The minimum atomic E-state index is -1.28. The third kappa shape index (κ3) is 2.53. The van der Waals surface area contributed by atoms with E-state index in [9.17, 15) is 14.7 Å². The number of nitrogens with one attached hydrogen (secondary N) is 1. The highest BCUT2D eigenvalue weighted by Crippen LogP contribution is 2.29. The van der Waals surface area contributed by atoms with E-state index < -0.39 is 11.5 Å². The van der Waals surface area contributed by atoms with E-state index >= 15 is 0 Å². The second-order valence-corrected chi connectivity index (χ2v) is 5.02. The van der Waals surface area contributed by atoms with Gasteiger partial charge in [0.2, 0.25) is 0 Å². The van der Waals surface area contributed by atoms with Gasteiger partial charge >= 0.3 is 5.97 Å². The molecule has 0 spiro atoms. The smallest absolute Gasteiger partial charge is 0.341 e. The molecule has 1 heterocycles. The number of halogens is 1. The number of nitrogens with two attached hydrogens (primary N) is 1. The van der Waals surface area contributed by atoms with Crippen molar-refractivity contribution in [2.45, 2.75) is 6.92 Å². The fraction of sp³-hybridized carbons (Fsp3) is 0.0769. The number of carbonyl (C=O) groups is 1. The summed E-state index contributed by atoms with van der Waals surface area (Å²) in [6, 6.07) is 6.90. The third-order valence-corrected chi connectivity index (χ3v) is 3.25. The summed E-state index contributed by atoms with van der Waals surface area (Å²) in [7, 11) is 0. The predicted octanol–water partition coefficient (Wildman–Crippen LogP) is 2.39. The Bertz CT molecular complexity index is 722. The predicted molar refractivity (Wildman–Crippen MR) is 76.3 cm³/mol. The molecule has 0 saturated heterocycles. The molecule has 0 unspecified atom stereocenters. The van der Waals surface area contributed by atoms with Crippen molar-refractivity contribution in [2.24, 2.45) is 0 Å². The van der Waals surface area contributed by atoms with Crippen molar-refractivity contribution >= 4 is 27.7 Å². The quantitative estimate of drug-likeness (QED) is 0.790. The van der Waals surface area contributed by atoms with Gasteiger partial charge in [-0.1, -0.05) is 22.0 Å². The molecule has 0 aliphatic heterocycles. The lowest BCUT2D eigenvalue weighted by Gasteiger charge is -2.10. The van der Waals surface area contributed by atoms with Gasteiger partial charge in [-0.3, -0.25) is 4.79 Å². The Morgan fingerprint density at radius 3 is 2.63 bits per heavy atom. The Kier molecular flexibility index (Phi) is 3.44. The number of aromatic nitrogens is 1. The lowest BCUT2D eigenvalue weighted by molar-refractivity contribution is 0.0696. The Balaban J connectivity index is 2.85. The average molecular weight is 323 g/mol. The van der Waals surface area contributed by atoms with Gasteiger partial charge in [0.25, 0.3) is 5.56 Å². The van der Waals surface area contributed by atoms with E-state index in [1.165, 1.54) is 6.07 Å². The first-order valence-corrected chi connectivity index (χ1v) is 6.22. The van der Waals surface area contributed by atoms with Crippen LogP contribution in [0.5, 0.6) is 0 Å². The second-order valence-electron chi connectivity index (χ2n) is 4.11. The van der Waals surface area contributed by atoms with Crippen LogP contribution >= 0.6 is 15.9 Å². The topological polar surface area (TPSA) is 96.2 Å². The van der Waals surface area contributed by atoms with E-state index in [0.29, 0.717) is 11.1 Å². The fourth-order valence-corrected chi connectivity index (χ4v) is 2.25. The van der Waals surface area contributed by atoms with Crippen molar-refractivity contribution in [1.82, 2.24) is 4.98 Å². The summed E-state index contributed by atoms with van der Waals surface area (Å²) < 4.78 is 0.795. The number of aryl methyl sites for hydroxylation is 1. The van der Waals surface area contributed by atoms with Gasteiger partial charge in [0, 0.05) is 10.0 Å². The molecule has 2 aromatic rings. The first-order valence-electron chi connectivity index (χ1n) is 5.42. The molecule has 98 valence electrons. The normalized spacial score (nSPS) is 10.4. The summed E-state index contributed by atoms with van der Waals surface area (Å²) >= 11 is 3.33. The van der Waals surface area contributed by atoms with Crippen LogP contribution in [0, 0.1) is 6.92 Å². The number of hydrogen-bond donors (Lipinski definition) is 3. The van der Waals surface area contributed by atoms with Crippen LogP contribution in [0.25, 0.3) is 11.1 Å². The number of anilines is 1. The number of carboxylic acid groups (broad SMARTS) is 1. The number of aromatic carboxylic acids is 1. The van der Waals surface area contributed by atoms with E-state index in [1.807, 2.05) is 19.1 Å². The first kappa shape index (κ1) is 13.4. The summed E-state index contributed by atoms with van der Waals surface area (Å²) in [4.78, 5) is 25.3. The van der Waals surface area contributed by atoms with Crippen LogP contribution in [-0.2, 0) is 0 Å². The Labute approximate surface area is 117 Å². The number of H-pyrrole nitrogens is 1. The number of pyridine rings is 1. The van der Waals surface area contributed by atoms with Crippen molar-refractivity contribution < 1.29 is 9.90 Å². The summed E-state index contributed by atoms with van der Waals surface area (Å²) in [5.41, 5.74) is 6.40. The molecule has 0 amide bonds. The monoisotopic (exact) mass is 322 g/mol. The zero-order valence-electron chi connectivity index (χ0n) is 10.0. The van der Waals surface area contributed by atoms with Crippen LogP contribution in [0.15, 0.2) is 33.5 Å². The summed E-state index contributed by atoms with van der Waals surface area (Å²) in [5.74, 6) is -1.15. The van der Waals surface area contributed by atoms with Gasteiger partial charge in [-0.05, 0) is 36.2 Å².